The van der Waals surface area contributed by atoms with Gasteiger partial charge in [-0.1, -0.05) is 18.2 Å². The number of hydrazine groups is 1. The van der Waals surface area contributed by atoms with E-state index in [9.17, 15) is 22.8 Å². The summed E-state index contributed by atoms with van der Waals surface area (Å²) in [4.78, 5) is 41.3. The van der Waals surface area contributed by atoms with Crippen LogP contribution in [0.25, 0.3) is 10.9 Å². The number of ether oxygens (including phenoxy) is 1. The minimum Gasteiger partial charge on any atom is -0.379 e. The summed E-state index contributed by atoms with van der Waals surface area (Å²) >= 11 is 0. The molecule has 0 unspecified atom stereocenters. The maximum absolute atomic E-state index is 12.8. The van der Waals surface area contributed by atoms with Crippen molar-refractivity contribution in [3.8, 4) is 0 Å². The summed E-state index contributed by atoms with van der Waals surface area (Å²) in [6.45, 7) is 0.723. The summed E-state index contributed by atoms with van der Waals surface area (Å²) in [6, 6.07) is 12.3. The van der Waals surface area contributed by atoms with E-state index in [0.717, 1.165) is 4.57 Å². The van der Waals surface area contributed by atoms with Crippen LogP contribution >= 0.6 is 0 Å². The van der Waals surface area contributed by atoms with Crippen molar-refractivity contribution in [2.24, 2.45) is 0 Å². The van der Waals surface area contributed by atoms with Crippen LogP contribution < -0.4 is 16.4 Å². The van der Waals surface area contributed by atoms with Crippen molar-refractivity contribution in [2.45, 2.75) is 11.4 Å². The number of sulfonamides is 1. The van der Waals surface area contributed by atoms with Crippen LogP contribution in [-0.2, 0) is 26.1 Å². The molecule has 2 aromatic carbocycles. The van der Waals surface area contributed by atoms with Gasteiger partial charge < -0.3 is 4.74 Å². The molecule has 33 heavy (non-hydrogen) atoms. The molecular weight excluding hydrogens is 450 g/mol. The second-order valence-electron chi connectivity index (χ2n) is 7.24. The number of carbonyl (C=O) groups excluding carboxylic acids is 2. The van der Waals surface area contributed by atoms with Crippen molar-refractivity contribution < 1.29 is 22.7 Å². The topological polar surface area (TPSA) is 140 Å². The zero-order chi connectivity index (χ0) is 23.4. The number of hydrogen-bond donors (Lipinski definition) is 2. The maximum atomic E-state index is 12.8. The normalized spacial score (nSPS) is 14.7. The molecule has 11 nitrogen and oxygen atoms in total. The molecule has 2 heterocycles. The van der Waals surface area contributed by atoms with E-state index in [1.165, 1.54) is 34.9 Å². The lowest BCUT2D eigenvalue weighted by molar-refractivity contribution is -0.122. The van der Waals surface area contributed by atoms with Crippen molar-refractivity contribution in [2.75, 3.05) is 26.3 Å². The van der Waals surface area contributed by atoms with E-state index < -0.39 is 21.8 Å². The first kappa shape index (κ1) is 22.6. The first-order valence-corrected chi connectivity index (χ1v) is 11.5. The first-order chi connectivity index (χ1) is 15.9. The number of para-hydroxylation sites is 1. The van der Waals surface area contributed by atoms with Crippen LogP contribution in [0.3, 0.4) is 0 Å². The molecule has 1 saturated heterocycles. The Kier molecular flexibility index (Phi) is 6.49. The number of rotatable bonds is 5. The fourth-order valence-electron chi connectivity index (χ4n) is 3.35. The standard InChI is InChI=1S/C21H21N5O6S/c27-19(13-25-14-22-18-7-2-1-6-17(18)21(25)29)23-24-20(28)15-4-3-5-16(12-15)33(30,31)26-8-10-32-11-9-26/h1-7,12,14H,8-11,13H2,(H,23,27)(H,24,28). The van der Waals surface area contributed by atoms with E-state index in [-0.39, 0.29) is 35.7 Å². The molecule has 0 saturated carbocycles. The highest BCUT2D eigenvalue weighted by Gasteiger charge is 2.27. The van der Waals surface area contributed by atoms with E-state index in [1.807, 2.05) is 0 Å². The lowest BCUT2D eigenvalue weighted by Gasteiger charge is -2.26. The van der Waals surface area contributed by atoms with Crippen LogP contribution in [0.4, 0.5) is 0 Å². The van der Waals surface area contributed by atoms with Gasteiger partial charge in [0, 0.05) is 18.7 Å². The number of fused-ring (bicyclic) bond motifs is 1. The summed E-state index contributed by atoms with van der Waals surface area (Å²) in [7, 11) is -3.77. The molecule has 0 radical (unpaired) electrons. The molecule has 12 heteroatoms. The van der Waals surface area contributed by atoms with E-state index in [1.54, 1.807) is 24.3 Å². The maximum Gasteiger partial charge on any atom is 0.269 e. The van der Waals surface area contributed by atoms with Crippen LogP contribution in [0, 0.1) is 0 Å². The molecule has 1 aliphatic rings. The summed E-state index contributed by atoms with van der Waals surface area (Å²) < 4.78 is 33.2. The molecule has 2 amide bonds. The number of nitrogens with zero attached hydrogens (tertiary/aromatic N) is 3. The molecular formula is C21H21N5O6S. The van der Waals surface area contributed by atoms with Gasteiger partial charge >= 0.3 is 0 Å². The van der Waals surface area contributed by atoms with Crippen molar-refractivity contribution in [3.63, 3.8) is 0 Å². The van der Waals surface area contributed by atoms with Crippen LogP contribution in [-0.4, -0.2) is 60.4 Å². The molecule has 0 bridgehead atoms. The Morgan fingerprint density at radius 1 is 1.03 bits per heavy atom. The molecule has 0 aliphatic carbocycles. The van der Waals surface area contributed by atoms with Crippen LogP contribution in [0.2, 0.25) is 0 Å². The second kappa shape index (κ2) is 9.48. The zero-order valence-electron chi connectivity index (χ0n) is 17.4. The highest BCUT2D eigenvalue weighted by atomic mass is 32.2. The van der Waals surface area contributed by atoms with Gasteiger partial charge in [-0.15, -0.1) is 0 Å². The predicted octanol–water partition coefficient (Wildman–Crippen LogP) is -0.121. The van der Waals surface area contributed by atoms with Gasteiger partial charge in [-0.25, -0.2) is 13.4 Å². The largest absolute Gasteiger partial charge is 0.379 e. The van der Waals surface area contributed by atoms with Gasteiger partial charge in [0.2, 0.25) is 10.0 Å². The number of morpholine rings is 1. The lowest BCUT2D eigenvalue weighted by Crippen LogP contribution is -2.44. The first-order valence-electron chi connectivity index (χ1n) is 10.1. The summed E-state index contributed by atoms with van der Waals surface area (Å²) in [5.74, 6) is -1.36. The Bertz CT molecular complexity index is 1360. The molecule has 1 fully saturated rings. The third-order valence-electron chi connectivity index (χ3n) is 5.06. The fraction of sp³-hybridized carbons (Fsp3) is 0.238. The van der Waals surface area contributed by atoms with Crippen LogP contribution in [0.5, 0.6) is 0 Å². The number of benzene rings is 2. The molecule has 1 aliphatic heterocycles. The number of nitrogens with one attached hydrogen (secondary N) is 2. The third kappa shape index (κ3) is 4.92. The molecule has 3 aromatic rings. The van der Waals surface area contributed by atoms with Crippen molar-refractivity contribution in [1.29, 1.82) is 0 Å². The van der Waals surface area contributed by atoms with E-state index in [0.29, 0.717) is 24.1 Å². The minimum absolute atomic E-state index is 0.0304. The SMILES string of the molecule is O=C(Cn1cnc2ccccc2c1=O)NNC(=O)c1cccc(S(=O)(=O)N2CCOCC2)c1. The Morgan fingerprint density at radius 2 is 1.79 bits per heavy atom. The highest BCUT2D eigenvalue weighted by molar-refractivity contribution is 7.89. The summed E-state index contributed by atoms with van der Waals surface area (Å²) in [5.41, 5.74) is 4.63. The van der Waals surface area contributed by atoms with Crippen molar-refractivity contribution in [3.05, 3.63) is 70.8 Å². The smallest absolute Gasteiger partial charge is 0.269 e. The predicted molar refractivity (Wildman–Crippen MR) is 118 cm³/mol. The minimum atomic E-state index is -3.77. The Morgan fingerprint density at radius 3 is 2.58 bits per heavy atom. The monoisotopic (exact) mass is 471 g/mol. The number of hydrogen-bond acceptors (Lipinski definition) is 7. The van der Waals surface area contributed by atoms with Crippen LogP contribution in [0.15, 0.2) is 64.5 Å². The third-order valence-corrected chi connectivity index (χ3v) is 6.96. The quantitative estimate of drug-likeness (QED) is 0.495. The average Bonchev–Trinajstić information content (AvgIpc) is 2.85. The number of aromatic nitrogens is 2. The summed E-state index contributed by atoms with van der Waals surface area (Å²) in [6.07, 6.45) is 1.26. The van der Waals surface area contributed by atoms with E-state index >= 15 is 0 Å². The van der Waals surface area contributed by atoms with E-state index in [4.69, 9.17) is 4.74 Å². The van der Waals surface area contributed by atoms with Crippen LogP contribution in [0.1, 0.15) is 10.4 Å². The average molecular weight is 471 g/mol. The van der Waals surface area contributed by atoms with Gasteiger partial charge in [-0.3, -0.25) is 29.8 Å². The number of carbonyl (C=O) groups is 2. The summed E-state index contributed by atoms with van der Waals surface area (Å²) in [5, 5.41) is 0.370. The van der Waals surface area contributed by atoms with Gasteiger partial charge in [-0.2, -0.15) is 4.31 Å². The Balaban J connectivity index is 1.41. The zero-order valence-corrected chi connectivity index (χ0v) is 18.2. The molecule has 4 rings (SSSR count). The number of amides is 2. The lowest BCUT2D eigenvalue weighted by atomic mass is 10.2. The highest BCUT2D eigenvalue weighted by Crippen LogP contribution is 2.18. The molecule has 0 spiro atoms. The molecule has 1 aromatic heterocycles. The second-order valence-corrected chi connectivity index (χ2v) is 9.18. The Labute approximate surface area is 189 Å². The van der Waals surface area contributed by atoms with Gasteiger partial charge in [0.1, 0.15) is 6.54 Å². The van der Waals surface area contributed by atoms with E-state index in [2.05, 4.69) is 15.8 Å². The molecule has 172 valence electrons. The van der Waals surface area contributed by atoms with Gasteiger partial charge in [0.15, 0.2) is 0 Å². The molecule has 2 N–H and O–H groups in total. The Hall–Kier alpha value is -3.61. The van der Waals surface area contributed by atoms with Crippen molar-refractivity contribution in [1.82, 2.24) is 24.7 Å². The van der Waals surface area contributed by atoms with Crippen molar-refractivity contribution >= 4 is 32.7 Å². The van der Waals surface area contributed by atoms with Gasteiger partial charge in [0.25, 0.3) is 17.4 Å². The van der Waals surface area contributed by atoms with Gasteiger partial charge in [0.05, 0.1) is 35.3 Å². The van der Waals surface area contributed by atoms with Gasteiger partial charge in [-0.05, 0) is 30.3 Å². The molecule has 0 atom stereocenters. The fourth-order valence-corrected chi connectivity index (χ4v) is 4.80.